The van der Waals surface area contributed by atoms with Gasteiger partial charge in [-0.05, 0) is 38.3 Å². The van der Waals surface area contributed by atoms with E-state index in [1.165, 1.54) is 17.4 Å². The van der Waals surface area contributed by atoms with Crippen LogP contribution in [0.5, 0.6) is 0 Å². The van der Waals surface area contributed by atoms with Gasteiger partial charge in [0.05, 0.1) is 17.7 Å². The summed E-state index contributed by atoms with van der Waals surface area (Å²) < 4.78 is 38.6. The maximum Gasteiger partial charge on any atom is 0.416 e. The largest absolute Gasteiger partial charge is 0.416 e. The van der Waals surface area contributed by atoms with Crippen molar-refractivity contribution in [2.45, 2.75) is 44.8 Å². The van der Waals surface area contributed by atoms with Crippen LogP contribution in [0.3, 0.4) is 0 Å². The topological polar surface area (TPSA) is 62.3 Å². The Morgan fingerprint density at radius 1 is 1.24 bits per heavy atom. The van der Waals surface area contributed by atoms with Crippen LogP contribution in [0.15, 0.2) is 29.6 Å². The zero-order valence-corrected chi connectivity index (χ0v) is 16.8. The van der Waals surface area contributed by atoms with Gasteiger partial charge >= 0.3 is 6.18 Å². The molecule has 0 aliphatic carbocycles. The van der Waals surface area contributed by atoms with Gasteiger partial charge in [0.25, 0.3) is 0 Å². The molecular weight excluding hydrogens is 403 g/mol. The minimum absolute atomic E-state index is 0.0346. The molecular formula is C20H22F3N3O2S. The van der Waals surface area contributed by atoms with Gasteiger partial charge < -0.3 is 10.2 Å². The third-order valence-electron chi connectivity index (χ3n) is 4.75. The van der Waals surface area contributed by atoms with Crippen LogP contribution in [0, 0.1) is 0 Å². The van der Waals surface area contributed by atoms with E-state index in [-0.39, 0.29) is 18.2 Å². The molecule has 1 fully saturated rings. The predicted octanol–water partition coefficient (Wildman–Crippen LogP) is 3.89. The van der Waals surface area contributed by atoms with Crippen molar-refractivity contribution in [3.05, 3.63) is 40.9 Å². The van der Waals surface area contributed by atoms with Crippen molar-refractivity contribution >= 4 is 23.2 Å². The molecule has 2 aromatic rings. The highest BCUT2D eigenvalue weighted by atomic mass is 32.1. The van der Waals surface area contributed by atoms with E-state index in [1.54, 1.807) is 23.3 Å². The van der Waals surface area contributed by atoms with E-state index in [1.807, 2.05) is 0 Å². The highest BCUT2D eigenvalue weighted by molar-refractivity contribution is 7.13. The van der Waals surface area contributed by atoms with Gasteiger partial charge in [-0.25, -0.2) is 4.98 Å². The number of carbonyl (C=O) groups is 2. The number of amides is 2. The Morgan fingerprint density at radius 3 is 2.66 bits per heavy atom. The number of aromatic nitrogens is 1. The van der Waals surface area contributed by atoms with Gasteiger partial charge in [0.1, 0.15) is 11.0 Å². The molecule has 2 heterocycles. The van der Waals surface area contributed by atoms with Gasteiger partial charge in [-0.15, -0.1) is 11.3 Å². The van der Waals surface area contributed by atoms with E-state index < -0.39 is 17.8 Å². The normalized spacial score (nSPS) is 15.8. The second kappa shape index (κ2) is 8.94. The zero-order chi connectivity index (χ0) is 21.0. The quantitative estimate of drug-likeness (QED) is 0.791. The van der Waals surface area contributed by atoms with E-state index >= 15 is 0 Å². The lowest BCUT2D eigenvalue weighted by molar-refractivity contribution is -0.137. The first-order valence-electron chi connectivity index (χ1n) is 9.44. The number of hydrogen-bond acceptors (Lipinski definition) is 4. The van der Waals surface area contributed by atoms with Gasteiger partial charge in [-0.3, -0.25) is 9.59 Å². The van der Waals surface area contributed by atoms with E-state index in [4.69, 9.17) is 0 Å². The first kappa shape index (κ1) is 21.3. The average Bonchev–Trinajstić information content (AvgIpc) is 3.15. The SMILES string of the molecule is C[C@H](NC(=O)Cc1csc(-c2cccc(C(F)(F)F)c2)n1)C(=O)N1CCCCC1. The number of hydrogen-bond donors (Lipinski definition) is 1. The van der Waals surface area contributed by atoms with Crippen LogP contribution in [0.4, 0.5) is 13.2 Å². The highest BCUT2D eigenvalue weighted by Crippen LogP contribution is 2.33. The van der Waals surface area contributed by atoms with Crippen LogP contribution in [-0.2, 0) is 22.2 Å². The van der Waals surface area contributed by atoms with Gasteiger partial charge in [-0.1, -0.05) is 12.1 Å². The van der Waals surface area contributed by atoms with Crippen molar-refractivity contribution in [1.29, 1.82) is 0 Å². The van der Waals surface area contributed by atoms with Crippen LogP contribution < -0.4 is 5.32 Å². The maximum absolute atomic E-state index is 12.9. The Kier molecular flexibility index (Phi) is 6.56. The van der Waals surface area contributed by atoms with Crippen LogP contribution >= 0.6 is 11.3 Å². The second-order valence-corrected chi connectivity index (χ2v) is 7.93. The number of thiazole rings is 1. The second-order valence-electron chi connectivity index (χ2n) is 7.07. The van der Waals surface area contributed by atoms with Crippen molar-refractivity contribution in [2.75, 3.05) is 13.1 Å². The number of alkyl halides is 3. The van der Waals surface area contributed by atoms with E-state index in [0.717, 1.165) is 31.4 Å². The molecule has 1 aliphatic heterocycles. The number of likely N-dealkylation sites (tertiary alicyclic amines) is 1. The molecule has 0 spiro atoms. The lowest BCUT2D eigenvalue weighted by Crippen LogP contribution is -2.48. The molecule has 29 heavy (non-hydrogen) atoms. The summed E-state index contributed by atoms with van der Waals surface area (Å²) in [5, 5.41) is 4.75. The first-order valence-corrected chi connectivity index (χ1v) is 10.3. The molecule has 2 amide bonds. The molecule has 1 saturated heterocycles. The average molecular weight is 425 g/mol. The fourth-order valence-electron chi connectivity index (χ4n) is 3.26. The van der Waals surface area contributed by atoms with Crippen LogP contribution in [0.25, 0.3) is 10.6 Å². The molecule has 1 aliphatic rings. The number of carbonyl (C=O) groups excluding carboxylic acids is 2. The molecule has 3 rings (SSSR count). The summed E-state index contributed by atoms with van der Waals surface area (Å²) in [7, 11) is 0. The number of benzene rings is 1. The Labute approximate surface area is 170 Å². The van der Waals surface area contributed by atoms with Gasteiger partial charge in [0, 0.05) is 24.0 Å². The molecule has 0 bridgehead atoms. The lowest BCUT2D eigenvalue weighted by Gasteiger charge is -2.29. The predicted molar refractivity (Wildman–Crippen MR) is 104 cm³/mol. The Morgan fingerprint density at radius 2 is 1.97 bits per heavy atom. The fourth-order valence-corrected chi connectivity index (χ4v) is 4.07. The van der Waals surface area contributed by atoms with Crippen LogP contribution in [0.1, 0.15) is 37.4 Å². The lowest BCUT2D eigenvalue weighted by atomic mass is 10.1. The van der Waals surface area contributed by atoms with Crippen molar-refractivity contribution in [2.24, 2.45) is 0 Å². The van der Waals surface area contributed by atoms with Crippen molar-refractivity contribution < 1.29 is 22.8 Å². The standard InChI is InChI=1S/C20H22F3N3O2S/c1-13(19(28)26-8-3-2-4-9-26)24-17(27)11-16-12-29-18(25-16)14-6-5-7-15(10-14)20(21,22)23/h5-7,10,12-13H,2-4,8-9,11H2,1H3,(H,24,27)/t13-/m0/s1. The summed E-state index contributed by atoms with van der Waals surface area (Å²) in [6.45, 7) is 3.08. The molecule has 9 heteroatoms. The Hall–Kier alpha value is -2.42. The van der Waals surface area contributed by atoms with E-state index in [9.17, 15) is 22.8 Å². The monoisotopic (exact) mass is 425 g/mol. The molecule has 1 aromatic carbocycles. The zero-order valence-electron chi connectivity index (χ0n) is 16.0. The van der Waals surface area contributed by atoms with Crippen LogP contribution in [0.2, 0.25) is 0 Å². The third kappa shape index (κ3) is 5.56. The molecule has 1 atom stereocenters. The fraction of sp³-hybridized carbons (Fsp3) is 0.450. The number of nitrogens with one attached hydrogen (secondary N) is 1. The number of rotatable bonds is 5. The smallest absolute Gasteiger partial charge is 0.344 e. The minimum Gasteiger partial charge on any atom is -0.344 e. The molecule has 5 nitrogen and oxygen atoms in total. The van der Waals surface area contributed by atoms with Crippen molar-refractivity contribution in [3.8, 4) is 10.6 Å². The minimum atomic E-state index is -4.42. The number of nitrogens with zero attached hydrogens (tertiary/aromatic N) is 2. The number of piperidine rings is 1. The van der Waals surface area contributed by atoms with Gasteiger partial charge in [-0.2, -0.15) is 13.2 Å². The summed E-state index contributed by atoms with van der Waals surface area (Å²) in [5.41, 5.74) is 0.0669. The summed E-state index contributed by atoms with van der Waals surface area (Å²) in [5.74, 6) is -0.440. The summed E-state index contributed by atoms with van der Waals surface area (Å²) >= 11 is 1.18. The molecule has 1 aromatic heterocycles. The first-order chi connectivity index (χ1) is 13.7. The molecule has 0 radical (unpaired) electrons. The van der Waals surface area contributed by atoms with Crippen molar-refractivity contribution in [3.63, 3.8) is 0 Å². The number of halogens is 3. The summed E-state index contributed by atoms with van der Waals surface area (Å²) in [6, 6.07) is 4.31. The highest BCUT2D eigenvalue weighted by Gasteiger charge is 2.30. The Bertz CT molecular complexity index is 876. The molecule has 1 N–H and O–H groups in total. The summed E-state index contributed by atoms with van der Waals surface area (Å²) in [6.07, 6.45) is -1.39. The molecule has 156 valence electrons. The molecule has 0 saturated carbocycles. The Balaban J connectivity index is 1.60. The van der Waals surface area contributed by atoms with Crippen LogP contribution in [-0.4, -0.2) is 40.8 Å². The van der Waals surface area contributed by atoms with Crippen molar-refractivity contribution in [1.82, 2.24) is 15.2 Å². The molecule has 0 unspecified atom stereocenters. The van der Waals surface area contributed by atoms with Gasteiger partial charge in [0.15, 0.2) is 0 Å². The summed E-state index contributed by atoms with van der Waals surface area (Å²) in [4.78, 5) is 30.7. The maximum atomic E-state index is 12.9. The van der Waals surface area contributed by atoms with Gasteiger partial charge in [0.2, 0.25) is 11.8 Å². The van der Waals surface area contributed by atoms with E-state index in [2.05, 4.69) is 10.3 Å². The van der Waals surface area contributed by atoms with E-state index in [0.29, 0.717) is 29.4 Å². The third-order valence-corrected chi connectivity index (χ3v) is 5.69.